The lowest BCUT2D eigenvalue weighted by Gasteiger charge is -2.22. The van der Waals surface area contributed by atoms with Gasteiger partial charge in [-0.05, 0) is 268 Å². The Hall–Kier alpha value is -10.6. The van der Waals surface area contributed by atoms with Crippen LogP contribution >= 0.6 is 46.4 Å². The molecule has 0 aliphatic carbocycles. The van der Waals surface area contributed by atoms with E-state index >= 15 is 0 Å². The molecule has 0 radical (unpaired) electrons. The lowest BCUT2D eigenvalue weighted by Crippen LogP contribution is -2.08. The van der Waals surface area contributed by atoms with Gasteiger partial charge >= 0.3 is 0 Å². The minimum Gasteiger partial charge on any atom is -0.207 e. The molecule has 660 valence electrons. The maximum Gasteiger partial charge on any atom is 0.123 e. The Kier molecular flexibility index (Phi) is 40.7. The van der Waals surface area contributed by atoms with Crippen molar-refractivity contribution in [2.75, 3.05) is 0 Å². The maximum atomic E-state index is 13.0. The molecule has 14 rings (SSSR count). The predicted octanol–water partition coefficient (Wildman–Crippen LogP) is 35.7. The molecule has 4 atom stereocenters. The minimum absolute atomic E-state index is 0.159. The number of rotatable bonds is 21. The van der Waals surface area contributed by atoms with E-state index in [0.29, 0.717) is 70.7 Å². The molecule has 0 fully saturated rings. The van der Waals surface area contributed by atoms with E-state index in [2.05, 4.69) is 264 Å². The van der Waals surface area contributed by atoms with Crippen LogP contribution in [-0.2, 0) is 0 Å². The minimum atomic E-state index is -0.236. The topological polar surface area (TPSA) is 23.8 Å². The SMILES string of the molecule is CC(C)C(c1ccc(Cl)cc1)c1ccc(Cl)cc1.CC(C)C(c1ccc(F)cc1)c1ccc(C#N)cc1.CC(C)C(c1ccc(F)cc1)c1ccc(Cl)cc1.CC(C)C(c1ccc(F)cc1)c1ccc(F)cc1.Cc1ccc(C(c2ccc(C)cc2)C(C)C)cc1.Cc1ccc(C(c2ccc(Cl)cc2)C(C)C)cc1.Cc1ccc(C(c2ccc(F)cc2)C(C)C)cc1. The second kappa shape index (κ2) is 50.8. The summed E-state index contributed by atoms with van der Waals surface area (Å²) in [7, 11) is 0. The van der Waals surface area contributed by atoms with Crippen LogP contribution in [0.25, 0.3) is 0 Å². The van der Waals surface area contributed by atoms with Crippen molar-refractivity contribution in [3.8, 4) is 6.07 Å². The van der Waals surface area contributed by atoms with Crippen molar-refractivity contribution >= 4 is 46.4 Å². The van der Waals surface area contributed by atoms with Gasteiger partial charge in [0.25, 0.3) is 0 Å². The highest BCUT2D eigenvalue weighted by molar-refractivity contribution is 6.31. The Labute approximate surface area is 776 Å². The van der Waals surface area contributed by atoms with Crippen molar-refractivity contribution in [1.29, 1.82) is 5.26 Å². The van der Waals surface area contributed by atoms with Gasteiger partial charge < -0.3 is 0 Å². The molecular formula is C117H124Cl4F5N. The van der Waals surface area contributed by atoms with Crippen LogP contribution in [0.15, 0.2) is 340 Å². The molecule has 0 saturated heterocycles. The average Bonchev–Trinajstić information content (AvgIpc) is 0.855. The summed E-state index contributed by atoms with van der Waals surface area (Å²) < 4.78 is 64.9. The summed E-state index contributed by atoms with van der Waals surface area (Å²) in [6.45, 7) is 39.3. The number of aryl methyl sites for hydroxylation is 4. The zero-order valence-electron chi connectivity index (χ0n) is 76.8. The smallest absolute Gasteiger partial charge is 0.123 e. The Morgan fingerprint density at radius 3 is 0.386 bits per heavy atom. The Bertz CT molecular complexity index is 4500. The summed E-state index contributed by atoms with van der Waals surface area (Å²) in [6, 6.07) is 111. The quantitative estimate of drug-likeness (QED) is 0.0658. The number of hydrogen-bond donors (Lipinski definition) is 0. The molecule has 4 unspecified atom stereocenters. The van der Waals surface area contributed by atoms with Crippen LogP contribution in [-0.4, -0.2) is 0 Å². The fraction of sp³-hybridized carbons (Fsp3) is 0.274. The molecule has 0 aliphatic rings. The number of nitriles is 1. The first-order chi connectivity index (χ1) is 60.6. The second-order valence-electron chi connectivity index (χ2n) is 35.4. The lowest BCUT2D eigenvalue weighted by atomic mass is 9.82. The van der Waals surface area contributed by atoms with E-state index in [1.807, 2.05) is 121 Å². The first-order valence-electron chi connectivity index (χ1n) is 44.1. The van der Waals surface area contributed by atoms with Crippen LogP contribution in [0.3, 0.4) is 0 Å². The highest BCUT2D eigenvalue weighted by Crippen LogP contribution is 2.40. The van der Waals surface area contributed by atoms with Gasteiger partial charge in [0.05, 0.1) is 11.6 Å². The summed E-state index contributed by atoms with van der Waals surface area (Å²) >= 11 is 23.8. The van der Waals surface area contributed by atoms with Gasteiger partial charge in [-0.1, -0.05) is 384 Å². The molecule has 0 bridgehead atoms. The van der Waals surface area contributed by atoms with Gasteiger partial charge in [-0.2, -0.15) is 5.26 Å². The van der Waals surface area contributed by atoms with Gasteiger partial charge in [-0.25, -0.2) is 22.0 Å². The van der Waals surface area contributed by atoms with Crippen LogP contribution in [0, 0.1) is 110 Å². The molecule has 10 heteroatoms. The number of hydrogen-bond acceptors (Lipinski definition) is 1. The lowest BCUT2D eigenvalue weighted by molar-refractivity contribution is 0.558. The van der Waals surface area contributed by atoms with E-state index in [4.69, 9.17) is 51.7 Å². The molecule has 0 aliphatic heterocycles. The van der Waals surface area contributed by atoms with Crippen molar-refractivity contribution in [2.45, 2.75) is 166 Å². The standard InChI is InChI=1S/C18H22.C17H19Cl.C17H16FN.C17H19F.C16H16Cl2.C16H16ClF.C16H16F2/c1-13(2)18(16-9-5-14(3)6-10-16)17-11-7-15(4)8-12-17;1-12(2)17(14-6-4-13(3)5-7-14)15-8-10-16(18)11-9-15;1-12(2)17(15-7-9-16(18)10-8-15)14-5-3-13(11-19)4-6-14;1-12(2)17(14-6-4-13(3)5-7-14)15-8-10-16(18)11-9-15;3*1-11(2)16(12-3-7-14(17)8-4-12)13-5-9-15(18)10-6-13/h5-13,18H,1-4H3;4-12,17H,1-3H3;3-10,12,17H,1-2H3;4-12,17H,1-3H3;3*3-11,16H,1-2H3. The molecule has 0 amide bonds. The molecule has 0 heterocycles. The summed E-state index contributed by atoms with van der Waals surface area (Å²) in [5, 5.41) is 11.9. The number of benzene rings is 14. The Morgan fingerprint density at radius 1 is 0.173 bits per heavy atom. The largest absolute Gasteiger partial charge is 0.207 e. The summed E-state index contributed by atoms with van der Waals surface area (Å²) in [4.78, 5) is 0. The first kappa shape index (κ1) is 102. The molecule has 0 saturated carbocycles. The van der Waals surface area contributed by atoms with Gasteiger partial charge in [-0.15, -0.1) is 0 Å². The molecule has 127 heavy (non-hydrogen) atoms. The fourth-order valence-electron chi connectivity index (χ4n) is 16.6. The fourth-order valence-corrected chi connectivity index (χ4v) is 17.1. The van der Waals surface area contributed by atoms with E-state index in [-0.39, 0.29) is 46.8 Å². The zero-order valence-corrected chi connectivity index (χ0v) is 79.8. The van der Waals surface area contributed by atoms with Crippen LogP contribution in [0.4, 0.5) is 22.0 Å². The summed E-state index contributed by atoms with van der Waals surface area (Å²) in [6.07, 6.45) is 0. The normalized spacial score (nSPS) is 12.0. The van der Waals surface area contributed by atoms with Crippen molar-refractivity contribution in [3.63, 3.8) is 0 Å². The van der Waals surface area contributed by atoms with Crippen molar-refractivity contribution in [1.82, 2.24) is 0 Å². The van der Waals surface area contributed by atoms with Crippen LogP contribution in [0.2, 0.25) is 20.1 Å². The third kappa shape index (κ3) is 32.0. The molecule has 14 aromatic carbocycles. The molecule has 0 spiro atoms. The van der Waals surface area contributed by atoms with Crippen molar-refractivity contribution < 1.29 is 22.0 Å². The van der Waals surface area contributed by atoms with Crippen LogP contribution in [0.5, 0.6) is 0 Å². The number of halogens is 9. The second-order valence-corrected chi connectivity index (χ2v) is 37.1. The molecule has 0 N–H and O–H groups in total. The van der Waals surface area contributed by atoms with E-state index in [0.717, 1.165) is 47.9 Å². The Balaban J connectivity index is 0.000000183. The van der Waals surface area contributed by atoms with Gasteiger partial charge in [-0.3, -0.25) is 0 Å². The monoisotopic (exact) mass is 1780 g/mol. The Morgan fingerprint density at radius 2 is 0.276 bits per heavy atom. The molecule has 0 aromatic heterocycles. The van der Waals surface area contributed by atoms with E-state index in [9.17, 15) is 22.0 Å². The van der Waals surface area contributed by atoms with Gasteiger partial charge in [0.1, 0.15) is 29.1 Å². The predicted molar refractivity (Wildman–Crippen MR) is 530 cm³/mol. The van der Waals surface area contributed by atoms with Gasteiger partial charge in [0.15, 0.2) is 0 Å². The van der Waals surface area contributed by atoms with E-state index in [1.54, 1.807) is 36.4 Å². The third-order valence-electron chi connectivity index (χ3n) is 22.9. The summed E-state index contributed by atoms with van der Waals surface area (Å²) in [5.74, 6) is 4.59. The van der Waals surface area contributed by atoms with Gasteiger partial charge in [0, 0.05) is 61.5 Å². The van der Waals surface area contributed by atoms with Crippen molar-refractivity contribution in [3.05, 3.63) is 495 Å². The maximum absolute atomic E-state index is 13.0. The van der Waals surface area contributed by atoms with Crippen LogP contribution < -0.4 is 0 Å². The molecule has 14 aromatic rings. The van der Waals surface area contributed by atoms with Crippen molar-refractivity contribution in [2.24, 2.45) is 41.4 Å². The zero-order chi connectivity index (χ0) is 92.6. The molecule has 1 nitrogen and oxygen atoms in total. The molecular weight excluding hydrogens is 1660 g/mol. The highest BCUT2D eigenvalue weighted by atomic mass is 35.5. The third-order valence-corrected chi connectivity index (χ3v) is 23.9. The van der Waals surface area contributed by atoms with E-state index < -0.39 is 0 Å². The average molecular weight is 1780 g/mol. The number of nitrogens with zero attached hydrogens (tertiary/aromatic N) is 1. The van der Waals surface area contributed by atoms with E-state index in [1.165, 1.54) is 121 Å². The highest BCUT2D eigenvalue weighted by Gasteiger charge is 2.25. The summed E-state index contributed by atoms with van der Waals surface area (Å²) in [5.41, 5.74) is 23.2. The van der Waals surface area contributed by atoms with Crippen LogP contribution in [0.1, 0.15) is 244 Å². The first-order valence-corrected chi connectivity index (χ1v) is 45.6. The van der Waals surface area contributed by atoms with Gasteiger partial charge in [0.2, 0.25) is 0 Å².